The standard InChI is InChI=1S/C22H21FN2O3/c23-18-7-3-1-6-17(18)13-25-19-8-4-2-5-16(19)11-20(25)22(27)24-12-21(26)28-14-15-9-10-15/h1-8,11,15H,9-10,12-14H2,(H,24,27). The summed E-state index contributed by atoms with van der Waals surface area (Å²) in [5, 5.41) is 3.49. The highest BCUT2D eigenvalue weighted by molar-refractivity contribution is 5.99. The molecular weight excluding hydrogens is 359 g/mol. The van der Waals surface area contributed by atoms with Gasteiger partial charge >= 0.3 is 5.97 Å². The number of para-hydroxylation sites is 1. The molecule has 6 heteroatoms. The fourth-order valence-corrected chi connectivity index (χ4v) is 3.16. The fraction of sp³-hybridized carbons (Fsp3) is 0.273. The maximum atomic E-state index is 14.1. The number of ether oxygens (including phenoxy) is 1. The van der Waals surface area contributed by atoms with Gasteiger partial charge in [-0.1, -0.05) is 36.4 Å². The molecule has 0 radical (unpaired) electrons. The van der Waals surface area contributed by atoms with E-state index in [1.807, 2.05) is 24.3 Å². The van der Waals surface area contributed by atoms with Crippen LogP contribution >= 0.6 is 0 Å². The molecule has 1 aliphatic carbocycles. The summed E-state index contributed by atoms with van der Waals surface area (Å²) in [6.07, 6.45) is 2.19. The van der Waals surface area contributed by atoms with Gasteiger partial charge in [0.2, 0.25) is 0 Å². The quantitative estimate of drug-likeness (QED) is 0.638. The second-order valence-electron chi connectivity index (χ2n) is 7.08. The van der Waals surface area contributed by atoms with Gasteiger partial charge in [-0.15, -0.1) is 0 Å². The molecule has 1 amide bonds. The Morgan fingerprint density at radius 1 is 1.11 bits per heavy atom. The molecule has 5 nitrogen and oxygen atoms in total. The SMILES string of the molecule is O=C(CNC(=O)c1cc2ccccc2n1Cc1ccccc1F)OCC1CC1. The first-order valence-electron chi connectivity index (χ1n) is 9.37. The van der Waals surface area contributed by atoms with Crippen molar-refractivity contribution in [3.05, 3.63) is 71.7 Å². The number of benzene rings is 2. The molecule has 1 fully saturated rings. The van der Waals surface area contributed by atoms with Crippen LogP contribution in [0.1, 0.15) is 28.9 Å². The molecule has 0 unspecified atom stereocenters. The molecule has 0 aliphatic heterocycles. The van der Waals surface area contributed by atoms with Crippen LogP contribution in [0.5, 0.6) is 0 Å². The van der Waals surface area contributed by atoms with Crippen molar-refractivity contribution in [2.24, 2.45) is 5.92 Å². The summed E-state index contributed by atoms with van der Waals surface area (Å²) < 4.78 is 21.1. The smallest absolute Gasteiger partial charge is 0.325 e. The number of esters is 1. The van der Waals surface area contributed by atoms with E-state index in [1.165, 1.54) is 6.07 Å². The van der Waals surface area contributed by atoms with Gasteiger partial charge in [-0.3, -0.25) is 9.59 Å². The van der Waals surface area contributed by atoms with Crippen LogP contribution < -0.4 is 5.32 Å². The highest BCUT2D eigenvalue weighted by atomic mass is 19.1. The first-order valence-corrected chi connectivity index (χ1v) is 9.37. The van der Waals surface area contributed by atoms with E-state index in [-0.39, 0.29) is 18.9 Å². The van der Waals surface area contributed by atoms with Gasteiger partial charge in [-0.25, -0.2) is 4.39 Å². The molecule has 4 rings (SSSR count). The number of amides is 1. The number of nitrogens with zero attached hydrogens (tertiary/aromatic N) is 1. The number of nitrogens with one attached hydrogen (secondary N) is 1. The van der Waals surface area contributed by atoms with Crippen LogP contribution in [0.3, 0.4) is 0 Å². The van der Waals surface area contributed by atoms with E-state index < -0.39 is 11.9 Å². The Bertz CT molecular complexity index is 1020. The lowest BCUT2D eigenvalue weighted by molar-refractivity contribution is -0.142. The Hall–Kier alpha value is -3.15. The fourth-order valence-electron chi connectivity index (χ4n) is 3.16. The number of rotatable bonds is 7. The number of carbonyl (C=O) groups excluding carboxylic acids is 2. The summed E-state index contributed by atoms with van der Waals surface area (Å²) in [6.45, 7) is 0.449. The van der Waals surface area contributed by atoms with E-state index in [1.54, 1.807) is 28.8 Å². The first kappa shape index (κ1) is 18.2. The molecule has 144 valence electrons. The number of hydrogen-bond acceptors (Lipinski definition) is 3. The van der Waals surface area contributed by atoms with Crippen LogP contribution in [-0.4, -0.2) is 29.6 Å². The lowest BCUT2D eigenvalue weighted by Gasteiger charge is -2.12. The molecular formula is C22H21FN2O3. The summed E-state index contributed by atoms with van der Waals surface area (Å²) in [5.74, 6) is -0.689. The molecule has 1 aliphatic rings. The van der Waals surface area contributed by atoms with Crippen LogP contribution in [0.4, 0.5) is 4.39 Å². The predicted octanol–water partition coefficient (Wildman–Crippen LogP) is 3.51. The van der Waals surface area contributed by atoms with Crippen molar-refractivity contribution in [3.8, 4) is 0 Å². The maximum absolute atomic E-state index is 14.1. The molecule has 1 aromatic heterocycles. The van der Waals surface area contributed by atoms with Gasteiger partial charge in [0, 0.05) is 16.5 Å². The zero-order valence-corrected chi connectivity index (χ0v) is 15.4. The summed E-state index contributed by atoms with van der Waals surface area (Å²) in [4.78, 5) is 24.5. The van der Waals surface area contributed by atoms with Crippen LogP contribution in [-0.2, 0) is 16.1 Å². The third kappa shape index (κ3) is 4.06. The van der Waals surface area contributed by atoms with E-state index in [2.05, 4.69) is 5.32 Å². The second kappa shape index (κ2) is 7.84. The second-order valence-corrected chi connectivity index (χ2v) is 7.08. The van der Waals surface area contributed by atoms with Gasteiger partial charge in [0.1, 0.15) is 18.1 Å². The molecule has 0 bridgehead atoms. The molecule has 0 spiro atoms. The lowest BCUT2D eigenvalue weighted by atomic mass is 10.2. The summed E-state index contributed by atoms with van der Waals surface area (Å²) in [6, 6.07) is 15.8. The van der Waals surface area contributed by atoms with Gasteiger partial charge in [-0.05, 0) is 37.0 Å². The van der Waals surface area contributed by atoms with Crippen molar-refractivity contribution >= 4 is 22.8 Å². The lowest BCUT2D eigenvalue weighted by Crippen LogP contribution is -2.32. The monoisotopic (exact) mass is 380 g/mol. The average Bonchev–Trinajstić information content (AvgIpc) is 3.47. The van der Waals surface area contributed by atoms with Crippen molar-refractivity contribution in [1.82, 2.24) is 9.88 Å². The Labute approximate surface area is 162 Å². The zero-order chi connectivity index (χ0) is 19.5. The normalized spacial score (nSPS) is 13.5. The Kier molecular flexibility index (Phi) is 5.10. The van der Waals surface area contributed by atoms with Crippen molar-refractivity contribution < 1.29 is 18.7 Å². The Morgan fingerprint density at radius 3 is 2.64 bits per heavy atom. The van der Waals surface area contributed by atoms with Crippen molar-refractivity contribution in [1.29, 1.82) is 0 Å². The summed E-state index contributed by atoms with van der Waals surface area (Å²) in [7, 11) is 0. The molecule has 2 aromatic carbocycles. The van der Waals surface area contributed by atoms with E-state index >= 15 is 0 Å². The largest absolute Gasteiger partial charge is 0.464 e. The first-order chi connectivity index (χ1) is 13.6. The molecule has 3 aromatic rings. The van der Waals surface area contributed by atoms with Crippen molar-refractivity contribution in [2.75, 3.05) is 13.2 Å². The van der Waals surface area contributed by atoms with Crippen LogP contribution in [0.2, 0.25) is 0 Å². The van der Waals surface area contributed by atoms with Gasteiger partial charge in [0.25, 0.3) is 5.91 Å². The van der Waals surface area contributed by atoms with Gasteiger partial charge < -0.3 is 14.6 Å². The Morgan fingerprint density at radius 2 is 1.86 bits per heavy atom. The molecule has 1 saturated carbocycles. The van der Waals surface area contributed by atoms with Gasteiger partial charge in [-0.2, -0.15) is 0 Å². The third-order valence-electron chi connectivity index (χ3n) is 4.90. The molecule has 0 saturated heterocycles. The minimum Gasteiger partial charge on any atom is -0.464 e. The Balaban J connectivity index is 1.54. The summed E-state index contributed by atoms with van der Waals surface area (Å²) in [5.41, 5.74) is 1.69. The highest BCUT2D eigenvalue weighted by Crippen LogP contribution is 2.28. The van der Waals surface area contributed by atoms with Crippen molar-refractivity contribution in [2.45, 2.75) is 19.4 Å². The van der Waals surface area contributed by atoms with Crippen LogP contribution in [0.15, 0.2) is 54.6 Å². The predicted molar refractivity (Wildman–Crippen MR) is 103 cm³/mol. The number of fused-ring (bicyclic) bond motifs is 1. The van der Waals surface area contributed by atoms with Crippen LogP contribution in [0, 0.1) is 11.7 Å². The number of halogens is 1. The van der Waals surface area contributed by atoms with Crippen molar-refractivity contribution in [3.63, 3.8) is 0 Å². The molecule has 0 atom stereocenters. The third-order valence-corrected chi connectivity index (χ3v) is 4.90. The van der Waals surface area contributed by atoms with E-state index in [0.29, 0.717) is 23.8 Å². The number of aromatic nitrogens is 1. The minimum absolute atomic E-state index is 0.188. The molecule has 1 N–H and O–H groups in total. The minimum atomic E-state index is -0.447. The highest BCUT2D eigenvalue weighted by Gasteiger charge is 2.23. The maximum Gasteiger partial charge on any atom is 0.325 e. The average molecular weight is 380 g/mol. The number of hydrogen-bond donors (Lipinski definition) is 1. The number of carbonyl (C=O) groups is 2. The van der Waals surface area contributed by atoms with Gasteiger partial charge in [0.05, 0.1) is 13.2 Å². The van der Waals surface area contributed by atoms with E-state index in [9.17, 15) is 14.0 Å². The van der Waals surface area contributed by atoms with Crippen LogP contribution in [0.25, 0.3) is 10.9 Å². The van der Waals surface area contributed by atoms with Gasteiger partial charge in [0.15, 0.2) is 0 Å². The topological polar surface area (TPSA) is 60.3 Å². The molecule has 28 heavy (non-hydrogen) atoms. The molecule has 1 heterocycles. The van der Waals surface area contributed by atoms with E-state index in [4.69, 9.17) is 4.74 Å². The zero-order valence-electron chi connectivity index (χ0n) is 15.4. The van der Waals surface area contributed by atoms with E-state index in [0.717, 1.165) is 23.7 Å². The summed E-state index contributed by atoms with van der Waals surface area (Å²) >= 11 is 0.